The molecule has 1 aliphatic heterocycles. The summed E-state index contributed by atoms with van der Waals surface area (Å²) in [5.41, 5.74) is 1.70. The third-order valence-electron chi connectivity index (χ3n) is 5.11. The maximum absolute atomic E-state index is 6.07. The molecule has 0 unspecified atom stereocenters. The predicted octanol–water partition coefficient (Wildman–Crippen LogP) is 3.28. The van der Waals surface area contributed by atoms with Crippen molar-refractivity contribution in [1.29, 1.82) is 0 Å². The molecule has 16 heavy (non-hydrogen) atoms. The Morgan fingerprint density at radius 3 is 2.69 bits per heavy atom. The van der Waals surface area contributed by atoms with E-state index in [-0.39, 0.29) is 11.2 Å². The highest BCUT2D eigenvalue weighted by molar-refractivity contribution is 5.25. The van der Waals surface area contributed by atoms with Crippen LogP contribution >= 0.6 is 0 Å². The van der Waals surface area contributed by atoms with Gasteiger partial charge in [-0.15, -0.1) is 0 Å². The topological polar surface area (TPSA) is 18.5 Å². The second-order valence-electron chi connectivity index (χ2n) is 5.64. The molecule has 2 aliphatic carbocycles. The monoisotopic (exact) mass is 222 g/mol. The highest BCUT2D eigenvalue weighted by Gasteiger charge is 2.62. The minimum absolute atomic E-state index is 0.182. The van der Waals surface area contributed by atoms with Crippen LogP contribution in [0.25, 0.3) is 0 Å². The second kappa shape index (κ2) is 3.58. The molecule has 0 N–H and O–H groups in total. The molecule has 0 aromatic rings. The molecule has 2 atom stereocenters. The van der Waals surface area contributed by atoms with Crippen LogP contribution in [0.1, 0.15) is 46.0 Å². The molecule has 1 saturated heterocycles. The van der Waals surface area contributed by atoms with Crippen LogP contribution in [0.15, 0.2) is 11.6 Å². The van der Waals surface area contributed by atoms with Crippen molar-refractivity contribution in [3.8, 4) is 0 Å². The summed E-state index contributed by atoms with van der Waals surface area (Å²) in [6.07, 6.45) is 8.50. The van der Waals surface area contributed by atoms with Gasteiger partial charge < -0.3 is 9.47 Å². The van der Waals surface area contributed by atoms with E-state index in [1.165, 1.54) is 31.3 Å². The van der Waals surface area contributed by atoms with Crippen molar-refractivity contribution >= 4 is 0 Å². The summed E-state index contributed by atoms with van der Waals surface area (Å²) in [6.45, 7) is 6.23. The van der Waals surface area contributed by atoms with Gasteiger partial charge in [-0.05, 0) is 38.5 Å². The lowest BCUT2D eigenvalue weighted by atomic mass is 9.62. The van der Waals surface area contributed by atoms with Gasteiger partial charge in [0.2, 0.25) is 0 Å². The molecule has 0 aromatic carbocycles. The Morgan fingerprint density at radius 1 is 1.25 bits per heavy atom. The third kappa shape index (κ3) is 1.15. The van der Waals surface area contributed by atoms with E-state index in [1.54, 1.807) is 0 Å². The molecular weight excluding hydrogens is 200 g/mol. The van der Waals surface area contributed by atoms with Gasteiger partial charge in [-0.3, -0.25) is 0 Å². The Kier molecular flexibility index (Phi) is 2.41. The summed E-state index contributed by atoms with van der Waals surface area (Å²) in [7, 11) is 0. The van der Waals surface area contributed by atoms with Crippen molar-refractivity contribution in [1.82, 2.24) is 0 Å². The van der Waals surface area contributed by atoms with Crippen LogP contribution in [-0.2, 0) is 9.47 Å². The maximum Gasteiger partial charge on any atom is 0.178 e. The molecule has 2 nitrogen and oxygen atoms in total. The van der Waals surface area contributed by atoms with E-state index in [0.29, 0.717) is 5.92 Å². The molecular formula is C14H22O2. The van der Waals surface area contributed by atoms with Gasteiger partial charge in [-0.1, -0.05) is 18.6 Å². The minimum Gasteiger partial charge on any atom is -0.347 e. The lowest BCUT2D eigenvalue weighted by molar-refractivity contribution is -0.225. The first kappa shape index (κ1) is 10.8. The van der Waals surface area contributed by atoms with Gasteiger partial charge in [0.15, 0.2) is 5.79 Å². The van der Waals surface area contributed by atoms with Crippen molar-refractivity contribution in [3.05, 3.63) is 11.6 Å². The summed E-state index contributed by atoms with van der Waals surface area (Å²) < 4.78 is 12.1. The van der Waals surface area contributed by atoms with Crippen molar-refractivity contribution in [2.75, 3.05) is 13.2 Å². The lowest BCUT2D eigenvalue weighted by Crippen LogP contribution is -2.50. The average Bonchev–Trinajstić information content (AvgIpc) is 2.86. The van der Waals surface area contributed by atoms with Crippen LogP contribution in [0.2, 0.25) is 0 Å². The van der Waals surface area contributed by atoms with Gasteiger partial charge in [0.05, 0.1) is 13.2 Å². The molecule has 3 aliphatic rings. The third-order valence-corrected chi connectivity index (χ3v) is 5.11. The van der Waals surface area contributed by atoms with Crippen LogP contribution in [-0.4, -0.2) is 19.0 Å². The number of hydrogen-bond acceptors (Lipinski definition) is 2. The van der Waals surface area contributed by atoms with E-state index >= 15 is 0 Å². The first-order valence-electron chi connectivity index (χ1n) is 6.66. The SMILES string of the molecule is CC1=CCC[C@@H](C)[C@]12CCCC21OCCO1. The molecule has 90 valence electrons. The van der Waals surface area contributed by atoms with E-state index in [1.807, 2.05) is 0 Å². The van der Waals surface area contributed by atoms with Crippen molar-refractivity contribution < 1.29 is 9.47 Å². The van der Waals surface area contributed by atoms with Gasteiger partial charge in [0.25, 0.3) is 0 Å². The fourth-order valence-corrected chi connectivity index (χ4v) is 4.36. The summed E-state index contributed by atoms with van der Waals surface area (Å²) in [4.78, 5) is 0. The van der Waals surface area contributed by atoms with Gasteiger partial charge in [-0.2, -0.15) is 0 Å². The van der Waals surface area contributed by atoms with Crippen LogP contribution in [0, 0.1) is 11.3 Å². The summed E-state index contributed by atoms with van der Waals surface area (Å²) in [6, 6.07) is 0. The van der Waals surface area contributed by atoms with E-state index in [9.17, 15) is 0 Å². The zero-order chi connectivity index (χ0) is 11.2. The van der Waals surface area contributed by atoms with Crippen LogP contribution < -0.4 is 0 Å². The van der Waals surface area contributed by atoms with E-state index in [2.05, 4.69) is 19.9 Å². The Bertz CT molecular complexity index is 309. The maximum atomic E-state index is 6.07. The predicted molar refractivity (Wildman–Crippen MR) is 63.1 cm³/mol. The fourth-order valence-electron chi connectivity index (χ4n) is 4.36. The van der Waals surface area contributed by atoms with Crippen LogP contribution in [0.4, 0.5) is 0 Å². The van der Waals surface area contributed by atoms with E-state index in [4.69, 9.17) is 9.47 Å². The molecule has 0 bridgehead atoms. The van der Waals surface area contributed by atoms with Crippen molar-refractivity contribution in [2.45, 2.75) is 51.7 Å². The number of ether oxygens (including phenoxy) is 2. The number of allylic oxidation sites excluding steroid dienone is 1. The van der Waals surface area contributed by atoms with Crippen molar-refractivity contribution in [3.63, 3.8) is 0 Å². The van der Waals surface area contributed by atoms with Crippen LogP contribution in [0.5, 0.6) is 0 Å². The standard InChI is InChI=1S/C14H22O2/c1-11-5-3-6-12(2)13(11)7-4-8-14(13)15-9-10-16-14/h5,12H,3-4,6-10H2,1-2H3/t12-,13+/m1/s1. The first-order chi connectivity index (χ1) is 7.71. The molecule has 0 amide bonds. The molecule has 2 spiro atoms. The largest absolute Gasteiger partial charge is 0.347 e. The zero-order valence-corrected chi connectivity index (χ0v) is 10.4. The summed E-state index contributed by atoms with van der Waals surface area (Å²) >= 11 is 0. The normalized spacial score (nSPS) is 41.9. The lowest BCUT2D eigenvalue weighted by Gasteiger charge is -2.49. The molecule has 1 saturated carbocycles. The highest BCUT2D eigenvalue weighted by atomic mass is 16.7. The minimum atomic E-state index is -0.270. The van der Waals surface area contributed by atoms with Gasteiger partial charge in [0, 0.05) is 11.8 Å². The van der Waals surface area contributed by atoms with Crippen molar-refractivity contribution in [2.24, 2.45) is 11.3 Å². The number of hydrogen-bond donors (Lipinski definition) is 0. The smallest absolute Gasteiger partial charge is 0.178 e. The number of fused-ring (bicyclic) bond motifs is 1. The van der Waals surface area contributed by atoms with E-state index < -0.39 is 0 Å². The molecule has 1 heterocycles. The molecule has 2 fully saturated rings. The molecule has 0 radical (unpaired) electrons. The molecule has 2 heteroatoms. The Labute approximate surface area is 98.0 Å². The van der Waals surface area contributed by atoms with Gasteiger partial charge in [-0.25, -0.2) is 0 Å². The first-order valence-corrected chi connectivity index (χ1v) is 6.66. The fraction of sp³-hybridized carbons (Fsp3) is 0.857. The Morgan fingerprint density at radius 2 is 2.00 bits per heavy atom. The second-order valence-corrected chi connectivity index (χ2v) is 5.64. The van der Waals surface area contributed by atoms with E-state index in [0.717, 1.165) is 19.6 Å². The summed E-state index contributed by atoms with van der Waals surface area (Å²) in [5.74, 6) is 0.422. The number of rotatable bonds is 0. The van der Waals surface area contributed by atoms with Gasteiger partial charge >= 0.3 is 0 Å². The molecule has 0 aromatic heterocycles. The average molecular weight is 222 g/mol. The Hall–Kier alpha value is -0.340. The quantitative estimate of drug-likeness (QED) is 0.586. The Balaban J connectivity index is 2.07. The van der Waals surface area contributed by atoms with Crippen LogP contribution in [0.3, 0.4) is 0 Å². The molecule has 3 rings (SSSR count). The summed E-state index contributed by atoms with van der Waals surface area (Å²) in [5, 5.41) is 0. The van der Waals surface area contributed by atoms with Gasteiger partial charge in [0.1, 0.15) is 0 Å². The highest BCUT2D eigenvalue weighted by Crippen LogP contribution is 2.61. The zero-order valence-electron chi connectivity index (χ0n) is 10.4.